The number of benzene rings is 2. The number of H-pyrrole nitrogens is 1. The first kappa shape index (κ1) is 11.2. The third kappa shape index (κ3) is 1.24. The summed E-state index contributed by atoms with van der Waals surface area (Å²) in [6.07, 6.45) is -1.12. The van der Waals surface area contributed by atoms with Crippen LogP contribution in [-0.4, -0.2) is 28.8 Å². The highest BCUT2D eigenvalue weighted by atomic mass is 16.6. The van der Waals surface area contributed by atoms with E-state index in [1.807, 2.05) is 37.3 Å². The van der Waals surface area contributed by atoms with Gasteiger partial charge in [-0.3, -0.25) is 9.59 Å². The molecule has 2 unspecified atom stereocenters. The highest BCUT2D eigenvalue weighted by Crippen LogP contribution is 2.41. The Bertz CT molecular complexity index is 983. The van der Waals surface area contributed by atoms with Crippen molar-refractivity contribution in [1.82, 2.24) is 4.98 Å². The van der Waals surface area contributed by atoms with E-state index in [0.29, 0.717) is 11.1 Å². The van der Waals surface area contributed by atoms with Gasteiger partial charge in [0.2, 0.25) is 0 Å². The van der Waals surface area contributed by atoms with Crippen LogP contribution in [0.1, 0.15) is 26.3 Å². The molecule has 0 saturated carbocycles. The fourth-order valence-electron chi connectivity index (χ4n) is 3.48. The van der Waals surface area contributed by atoms with Crippen molar-refractivity contribution < 1.29 is 14.3 Å². The monoisotopic (exact) mass is 277 g/mol. The third-order valence-electron chi connectivity index (χ3n) is 4.50. The van der Waals surface area contributed by atoms with Gasteiger partial charge in [0.25, 0.3) is 0 Å². The second-order valence-corrected chi connectivity index (χ2v) is 5.74. The number of ether oxygens (including phenoxy) is 1. The van der Waals surface area contributed by atoms with Crippen LogP contribution in [0, 0.1) is 6.92 Å². The van der Waals surface area contributed by atoms with Crippen molar-refractivity contribution >= 4 is 33.4 Å². The molecule has 0 radical (unpaired) electrons. The molecule has 4 nitrogen and oxygen atoms in total. The van der Waals surface area contributed by atoms with E-state index in [1.54, 1.807) is 0 Å². The molecule has 102 valence electrons. The van der Waals surface area contributed by atoms with Crippen molar-refractivity contribution in [1.29, 1.82) is 0 Å². The number of epoxide rings is 1. The van der Waals surface area contributed by atoms with Gasteiger partial charge in [-0.1, -0.05) is 18.2 Å². The number of ketones is 2. The van der Waals surface area contributed by atoms with Gasteiger partial charge in [-0.2, -0.15) is 0 Å². The number of hydrogen-bond acceptors (Lipinski definition) is 3. The van der Waals surface area contributed by atoms with Gasteiger partial charge in [-0.15, -0.1) is 0 Å². The Balaban J connectivity index is 2.00. The topological polar surface area (TPSA) is 62.5 Å². The molecule has 0 amide bonds. The number of Topliss-reactive ketones (excluding diaryl/α,β-unsaturated/α-hetero) is 2. The summed E-state index contributed by atoms with van der Waals surface area (Å²) in [5.74, 6) is -0.137. The molecule has 2 aliphatic rings. The van der Waals surface area contributed by atoms with Crippen LogP contribution in [0.3, 0.4) is 0 Å². The predicted molar refractivity (Wildman–Crippen MR) is 77.9 cm³/mol. The maximum absolute atomic E-state index is 12.5. The number of rotatable bonds is 0. The third-order valence-corrected chi connectivity index (χ3v) is 4.50. The zero-order valence-electron chi connectivity index (χ0n) is 11.3. The minimum atomic E-state index is -0.568. The highest BCUT2D eigenvalue weighted by molar-refractivity contribution is 6.28. The zero-order valence-corrected chi connectivity index (χ0v) is 11.3. The molecule has 21 heavy (non-hydrogen) atoms. The van der Waals surface area contributed by atoms with Crippen molar-refractivity contribution in [3.63, 3.8) is 0 Å². The molecule has 1 aliphatic heterocycles. The van der Waals surface area contributed by atoms with E-state index in [9.17, 15) is 9.59 Å². The van der Waals surface area contributed by atoms with Gasteiger partial charge >= 0.3 is 0 Å². The summed E-state index contributed by atoms with van der Waals surface area (Å²) < 4.78 is 5.25. The van der Waals surface area contributed by atoms with E-state index in [0.717, 1.165) is 27.4 Å². The Morgan fingerprint density at radius 1 is 1.00 bits per heavy atom. The van der Waals surface area contributed by atoms with Crippen LogP contribution in [0.4, 0.5) is 0 Å². The van der Waals surface area contributed by atoms with Gasteiger partial charge in [0.1, 0.15) is 0 Å². The lowest BCUT2D eigenvalue weighted by atomic mass is 9.85. The van der Waals surface area contributed by atoms with Crippen LogP contribution in [0.15, 0.2) is 30.3 Å². The molecule has 1 N–H and O–H groups in total. The standard InChI is InChI=1S/C17H11NO3/c1-7-6-9-8-4-2-3-5-10(8)18-13(9)12-11(7)14(19)16-17(21-16)15(12)20/h2-6,16-18H,1H3. The summed E-state index contributed by atoms with van der Waals surface area (Å²) in [5, 5.41) is 2.06. The Labute approximate surface area is 119 Å². The van der Waals surface area contributed by atoms with E-state index in [-0.39, 0.29) is 11.6 Å². The lowest BCUT2D eigenvalue weighted by Gasteiger charge is -2.14. The Hall–Kier alpha value is -2.46. The van der Waals surface area contributed by atoms with Crippen LogP contribution < -0.4 is 0 Å². The number of aromatic nitrogens is 1. The number of carbonyl (C=O) groups excluding carboxylic acids is 2. The van der Waals surface area contributed by atoms with Gasteiger partial charge in [0.15, 0.2) is 23.8 Å². The average molecular weight is 277 g/mol. The molecule has 4 heteroatoms. The van der Waals surface area contributed by atoms with E-state index in [2.05, 4.69) is 4.98 Å². The molecule has 0 bridgehead atoms. The van der Waals surface area contributed by atoms with Crippen LogP contribution in [0.2, 0.25) is 0 Å². The van der Waals surface area contributed by atoms with Gasteiger partial charge < -0.3 is 9.72 Å². The van der Waals surface area contributed by atoms with Gasteiger partial charge in [0, 0.05) is 21.9 Å². The van der Waals surface area contributed by atoms with Crippen LogP contribution >= 0.6 is 0 Å². The number of nitrogens with one attached hydrogen (secondary N) is 1. The van der Waals surface area contributed by atoms with Crippen LogP contribution in [0.5, 0.6) is 0 Å². The smallest absolute Gasteiger partial charge is 0.197 e. The first-order valence-electron chi connectivity index (χ1n) is 6.95. The lowest BCUT2D eigenvalue weighted by molar-refractivity contribution is 0.0922. The molecule has 1 aromatic heterocycles. The number of aryl methyl sites for hydroxylation is 1. The molecule has 1 aliphatic carbocycles. The van der Waals surface area contributed by atoms with Crippen molar-refractivity contribution in [3.8, 4) is 0 Å². The average Bonchev–Trinajstić information content (AvgIpc) is 3.21. The van der Waals surface area contributed by atoms with Crippen molar-refractivity contribution in [3.05, 3.63) is 47.0 Å². The largest absolute Gasteiger partial charge is 0.354 e. The van der Waals surface area contributed by atoms with Crippen molar-refractivity contribution in [2.75, 3.05) is 0 Å². The first-order chi connectivity index (χ1) is 10.2. The minimum Gasteiger partial charge on any atom is -0.354 e. The minimum absolute atomic E-state index is 0.0624. The highest BCUT2D eigenvalue weighted by Gasteiger charge is 2.56. The van der Waals surface area contributed by atoms with E-state index >= 15 is 0 Å². The Morgan fingerprint density at radius 2 is 1.71 bits per heavy atom. The second-order valence-electron chi connectivity index (χ2n) is 5.74. The van der Waals surface area contributed by atoms with Gasteiger partial charge in [-0.05, 0) is 24.6 Å². The first-order valence-corrected chi connectivity index (χ1v) is 6.95. The predicted octanol–water partition coefficient (Wildman–Crippen LogP) is 2.78. The molecule has 2 aromatic carbocycles. The van der Waals surface area contributed by atoms with E-state index in [4.69, 9.17) is 4.74 Å². The maximum Gasteiger partial charge on any atom is 0.197 e. The molecule has 3 aromatic rings. The Morgan fingerprint density at radius 3 is 2.52 bits per heavy atom. The molecule has 2 atom stereocenters. The fourth-order valence-corrected chi connectivity index (χ4v) is 3.48. The molecule has 1 saturated heterocycles. The number of fused-ring (bicyclic) bond motifs is 6. The zero-order chi connectivity index (χ0) is 14.3. The number of para-hydroxylation sites is 1. The van der Waals surface area contributed by atoms with E-state index in [1.165, 1.54) is 0 Å². The van der Waals surface area contributed by atoms with Gasteiger partial charge in [-0.25, -0.2) is 0 Å². The summed E-state index contributed by atoms with van der Waals surface area (Å²) in [5.41, 5.74) is 3.60. The van der Waals surface area contributed by atoms with Crippen molar-refractivity contribution in [2.45, 2.75) is 19.1 Å². The van der Waals surface area contributed by atoms with Crippen molar-refractivity contribution in [2.24, 2.45) is 0 Å². The summed E-state index contributed by atoms with van der Waals surface area (Å²) in [6.45, 7) is 1.88. The van der Waals surface area contributed by atoms with Crippen LogP contribution in [0.25, 0.3) is 21.8 Å². The maximum atomic E-state index is 12.5. The summed E-state index contributed by atoms with van der Waals surface area (Å²) in [6, 6.07) is 9.90. The molecule has 1 fully saturated rings. The SMILES string of the molecule is Cc1cc2c([nH]c3ccccc32)c2c1C(=O)C1OC1C2=O. The number of carbonyl (C=O) groups is 2. The fraction of sp³-hybridized carbons (Fsp3) is 0.176. The molecule has 0 spiro atoms. The number of hydrogen-bond donors (Lipinski definition) is 1. The lowest BCUT2D eigenvalue weighted by Crippen LogP contribution is -2.27. The summed E-state index contributed by atoms with van der Waals surface area (Å²) in [7, 11) is 0. The summed E-state index contributed by atoms with van der Waals surface area (Å²) in [4.78, 5) is 28.2. The number of aromatic amines is 1. The molecular weight excluding hydrogens is 266 g/mol. The van der Waals surface area contributed by atoms with Gasteiger partial charge in [0.05, 0.1) is 11.1 Å². The van der Waals surface area contributed by atoms with Crippen LogP contribution in [-0.2, 0) is 4.74 Å². The summed E-state index contributed by atoms with van der Waals surface area (Å²) >= 11 is 0. The quantitative estimate of drug-likeness (QED) is 0.643. The Kier molecular flexibility index (Phi) is 1.82. The second kappa shape index (κ2) is 3.40. The van der Waals surface area contributed by atoms with E-state index < -0.39 is 12.2 Å². The molecule has 5 rings (SSSR count). The molecule has 2 heterocycles. The normalized spacial score (nSPS) is 23.5. The molecular formula is C17H11NO3.